The van der Waals surface area contributed by atoms with Crippen LogP contribution in [0.5, 0.6) is 0 Å². The van der Waals surface area contributed by atoms with E-state index in [2.05, 4.69) is 22.7 Å². The van der Waals surface area contributed by atoms with Crippen LogP contribution in [0.3, 0.4) is 0 Å². The molecular formula is C13H24N4O2. The molecule has 0 aliphatic rings. The molecule has 6 heteroatoms. The summed E-state index contributed by atoms with van der Waals surface area (Å²) in [7, 11) is 1.79. The van der Waals surface area contributed by atoms with E-state index in [1.165, 1.54) is 0 Å². The fourth-order valence-electron chi connectivity index (χ4n) is 1.69. The van der Waals surface area contributed by atoms with Crippen molar-refractivity contribution < 1.29 is 9.90 Å². The molecule has 0 bridgehead atoms. The van der Waals surface area contributed by atoms with Crippen LogP contribution < -0.4 is 10.6 Å². The molecule has 1 rings (SSSR count). The van der Waals surface area contributed by atoms with E-state index in [0.29, 0.717) is 12.1 Å². The lowest BCUT2D eigenvalue weighted by atomic mass is 10.00. The van der Waals surface area contributed by atoms with Crippen LogP contribution >= 0.6 is 0 Å². The van der Waals surface area contributed by atoms with Crippen LogP contribution in [0.15, 0.2) is 12.4 Å². The molecule has 1 unspecified atom stereocenters. The van der Waals surface area contributed by atoms with Gasteiger partial charge in [0, 0.05) is 25.4 Å². The van der Waals surface area contributed by atoms with Crippen LogP contribution in [0, 0.1) is 0 Å². The van der Waals surface area contributed by atoms with Crippen LogP contribution in [0.25, 0.3) is 0 Å². The van der Waals surface area contributed by atoms with E-state index < -0.39 is 5.60 Å². The fourth-order valence-corrected chi connectivity index (χ4v) is 1.69. The number of urea groups is 1. The number of aromatic nitrogens is 2. The van der Waals surface area contributed by atoms with Gasteiger partial charge in [-0.25, -0.2) is 4.79 Å². The lowest BCUT2D eigenvalue weighted by molar-refractivity contribution is 0.0593. The summed E-state index contributed by atoms with van der Waals surface area (Å²) in [6.45, 7) is 4.58. The standard InChI is InChI=1S/C13H24N4O2/c1-4-5-6-7-14-12(18)15-10-13(2,19)11-8-16-17(3)9-11/h8-9,19H,4-7,10H2,1-3H3,(H2,14,15,18). The summed E-state index contributed by atoms with van der Waals surface area (Å²) in [5.74, 6) is 0. The van der Waals surface area contributed by atoms with Crippen LogP contribution in [0.1, 0.15) is 38.7 Å². The highest BCUT2D eigenvalue weighted by Gasteiger charge is 2.25. The van der Waals surface area contributed by atoms with Crippen LogP contribution in [-0.4, -0.2) is 34.0 Å². The van der Waals surface area contributed by atoms with Gasteiger partial charge in [0.05, 0.1) is 12.7 Å². The number of unbranched alkanes of at least 4 members (excludes halogenated alkanes) is 2. The molecule has 0 aliphatic heterocycles. The summed E-state index contributed by atoms with van der Waals surface area (Å²) in [5, 5.41) is 19.7. The molecule has 0 saturated heterocycles. The van der Waals surface area contributed by atoms with Crippen molar-refractivity contribution >= 4 is 6.03 Å². The highest BCUT2D eigenvalue weighted by Crippen LogP contribution is 2.18. The molecule has 3 N–H and O–H groups in total. The quantitative estimate of drug-likeness (QED) is 0.648. The topological polar surface area (TPSA) is 79.2 Å². The van der Waals surface area contributed by atoms with E-state index in [-0.39, 0.29) is 12.6 Å². The van der Waals surface area contributed by atoms with Gasteiger partial charge in [-0.2, -0.15) is 5.10 Å². The van der Waals surface area contributed by atoms with E-state index in [1.807, 2.05) is 0 Å². The zero-order chi connectivity index (χ0) is 14.3. The minimum atomic E-state index is -1.12. The van der Waals surface area contributed by atoms with Gasteiger partial charge in [0.2, 0.25) is 0 Å². The number of nitrogens with zero attached hydrogens (tertiary/aromatic N) is 2. The van der Waals surface area contributed by atoms with Gasteiger partial charge in [0.1, 0.15) is 5.60 Å². The van der Waals surface area contributed by atoms with E-state index in [4.69, 9.17) is 0 Å². The zero-order valence-electron chi connectivity index (χ0n) is 11.9. The zero-order valence-corrected chi connectivity index (χ0v) is 11.9. The SMILES string of the molecule is CCCCCNC(=O)NCC(C)(O)c1cnn(C)c1. The Morgan fingerprint density at radius 3 is 2.79 bits per heavy atom. The van der Waals surface area contributed by atoms with Gasteiger partial charge in [0.25, 0.3) is 0 Å². The summed E-state index contributed by atoms with van der Waals surface area (Å²) in [6, 6.07) is -0.250. The monoisotopic (exact) mass is 268 g/mol. The van der Waals surface area contributed by atoms with Crippen molar-refractivity contribution in [2.75, 3.05) is 13.1 Å². The molecule has 0 saturated carbocycles. The molecule has 1 aromatic heterocycles. The molecule has 0 radical (unpaired) electrons. The second kappa shape index (κ2) is 7.13. The number of hydrogen-bond acceptors (Lipinski definition) is 3. The maximum absolute atomic E-state index is 11.5. The molecule has 2 amide bonds. The Balaban J connectivity index is 2.32. The van der Waals surface area contributed by atoms with Gasteiger partial charge in [-0.15, -0.1) is 0 Å². The first-order valence-corrected chi connectivity index (χ1v) is 6.69. The van der Waals surface area contributed by atoms with Crippen LogP contribution in [0.2, 0.25) is 0 Å². The van der Waals surface area contributed by atoms with Gasteiger partial charge < -0.3 is 15.7 Å². The largest absolute Gasteiger partial charge is 0.383 e. The Bertz CT molecular complexity index is 401. The number of rotatable bonds is 7. The minimum absolute atomic E-state index is 0.151. The highest BCUT2D eigenvalue weighted by atomic mass is 16.3. The molecule has 0 aliphatic carbocycles. The van der Waals surface area contributed by atoms with Crippen molar-refractivity contribution in [2.45, 2.75) is 38.7 Å². The van der Waals surface area contributed by atoms with Crippen LogP contribution in [0.4, 0.5) is 4.79 Å². The molecule has 0 fully saturated rings. The van der Waals surface area contributed by atoms with Crippen molar-refractivity contribution in [3.63, 3.8) is 0 Å². The van der Waals surface area contributed by atoms with E-state index in [9.17, 15) is 9.90 Å². The summed E-state index contributed by atoms with van der Waals surface area (Å²) in [4.78, 5) is 11.5. The van der Waals surface area contributed by atoms with E-state index in [1.54, 1.807) is 31.0 Å². The Morgan fingerprint density at radius 1 is 1.47 bits per heavy atom. The summed E-state index contributed by atoms with van der Waals surface area (Å²) >= 11 is 0. The van der Waals surface area contributed by atoms with Gasteiger partial charge in [-0.05, 0) is 13.3 Å². The Morgan fingerprint density at radius 2 is 2.21 bits per heavy atom. The van der Waals surface area contributed by atoms with Crippen molar-refractivity contribution in [2.24, 2.45) is 7.05 Å². The Kier molecular flexibility index (Phi) is 5.82. The number of carbonyl (C=O) groups excluding carboxylic acids is 1. The molecule has 0 aromatic carbocycles. The molecular weight excluding hydrogens is 244 g/mol. The lowest BCUT2D eigenvalue weighted by Gasteiger charge is -2.22. The van der Waals surface area contributed by atoms with Crippen molar-refractivity contribution in [1.82, 2.24) is 20.4 Å². The first-order chi connectivity index (χ1) is 8.95. The van der Waals surface area contributed by atoms with Crippen molar-refractivity contribution in [1.29, 1.82) is 0 Å². The van der Waals surface area contributed by atoms with Gasteiger partial charge in [0.15, 0.2) is 0 Å². The summed E-state index contributed by atoms with van der Waals surface area (Å²) in [5.41, 5.74) is -0.434. The number of amides is 2. The number of aliphatic hydroxyl groups is 1. The molecule has 108 valence electrons. The lowest BCUT2D eigenvalue weighted by Crippen LogP contribution is -2.43. The Hall–Kier alpha value is -1.56. The summed E-state index contributed by atoms with van der Waals surface area (Å²) < 4.78 is 1.62. The van der Waals surface area contributed by atoms with E-state index in [0.717, 1.165) is 19.3 Å². The average molecular weight is 268 g/mol. The minimum Gasteiger partial charge on any atom is -0.383 e. The number of aryl methyl sites for hydroxylation is 1. The molecule has 1 atom stereocenters. The highest BCUT2D eigenvalue weighted by molar-refractivity contribution is 5.73. The van der Waals surface area contributed by atoms with Crippen molar-refractivity contribution in [3.05, 3.63) is 18.0 Å². The molecule has 0 spiro atoms. The fraction of sp³-hybridized carbons (Fsp3) is 0.692. The number of carbonyl (C=O) groups is 1. The average Bonchev–Trinajstić information content (AvgIpc) is 2.80. The van der Waals surface area contributed by atoms with Gasteiger partial charge >= 0.3 is 6.03 Å². The maximum atomic E-state index is 11.5. The second-order valence-electron chi connectivity index (χ2n) is 4.99. The third-order valence-corrected chi connectivity index (χ3v) is 2.99. The molecule has 6 nitrogen and oxygen atoms in total. The van der Waals surface area contributed by atoms with E-state index >= 15 is 0 Å². The van der Waals surface area contributed by atoms with Crippen LogP contribution in [-0.2, 0) is 12.6 Å². The number of hydrogen-bond donors (Lipinski definition) is 3. The molecule has 1 aromatic rings. The third-order valence-electron chi connectivity index (χ3n) is 2.99. The molecule has 19 heavy (non-hydrogen) atoms. The summed E-state index contributed by atoms with van der Waals surface area (Å²) in [6.07, 6.45) is 6.54. The first-order valence-electron chi connectivity index (χ1n) is 6.69. The van der Waals surface area contributed by atoms with Gasteiger partial charge in [-0.3, -0.25) is 4.68 Å². The van der Waals surface area contributed by atoms with Crippen molar-refractivity contribution in [3.8, 4) is 0 Å². The predicted molar refractivity (Wildman–Crippen MR) is 73.7 cm³/mol. The maximum Gasteiger partial charge on any atom is 0.314 e. The third kappa shape index (κ3) is 5.30. The van der Waals surface area contributed by atoms with Gasteiger partial charge in [-0.1, -0.05) is 19.8 Å². The predicted octanol–water partition coefficient (Wildman–Crippen LogP) is 1.12. The molecule has 1 heterocycles. The first kappa shape index (κ1) is 15.5. The normalized spacial score (nSPS) is 13.9. The smallest absolute Gasteiger partial charge is 0.314 e. The second-order valence-corrected chi connectivity index (χ2v) is 4.99. The number of nitrogens with one attached hydrogen (secondary N) is 2. The Labute approximate surface area is 114 Å².